The highest BCUT2D eigenvalue weighted by molar-refractivity contribution is 5.52. The Morgan fingerprint density at radius 2 is 2.16 bits per heavy atom. The third-order valence-electron chi connectivity index (χ3n) is 3.67. The van der Waals surface area contributed by atoms with E-state index in [2.05, 4.69) is 15.1 Å². The average Bonchev–Trinajstić information content (AvgIpc) is 3.07. The van der Waals surface area contributed by atoms with Crippen LogP contribution in [0.5, 0.6) is 0 Å². The minimum Gasteiger partial charge on any atom is -0.261 e. The predicted octanol–water partition coefficient (Wildman–Crippen LogP) is 2.53. The van der Waals surface area contributed by atoms with Crippen LogP contribution < -0.4 is 0 Å². The zero-order valence-electron chi connectivity index (χ0n) is 10.1. The van der Waals surface area contributed by atoms with Crippen LogP contribution in [0.1, 0.15) is 29.4 Å². The van der Waals surface area contributed by atoms with Crippen molar-refractivity contribution in [1.82, 2.24) is 19.6 Å². The van der Waals surface area contributed by atoms with Crippen LogP contribution in [0.2, 0.25) is 0 Å². The fourth-order valence-electron chi connectivity index (χ4n) is 2.68. The Balaban J connectivity index is 1.71. The van der Waals surface area contributed by atoms with Gasteiger partial charge in [-0.2, -0.15) is 5.10 Å². The first kappa shape index (κ1) is 10.6. The normalized spacial score (nSPS) is 21.7. The second-order valence-corrected chi connectivity index (χ2v) is 4.87. The molecule has 3 heterocycles. The van der Waals surface area contributed by atoms with Gasteiger partial charge in [0.2, 0.25) is 0 Å². The monoisotopic (exact) mass is 254 g/mol. The Morgan fingerprint density at radius 1 is 1.21 bits per heavy atom. The lowest BCUT2D eigenvalue weighted by Gasteiger charge is -2.02. The molecule has 1 aliphatic rings. The van der Waals surface area contributed by atoms with Crippen LogP contribution in [0.15, 0.2) is 43.1 Å². The molecule has 2 atom stereocenters. The maximum absolute atomic E-state index is 13.2. The summed E-state index contributed by atoms with van der Waals surface area (Å²) in [4.78, 5) is 8.25. The second kappa shape index (κ2) is 3.85. The van der Waals surface area contributed by atoms with Gasteiger partial charge >= 0.3 is 0 Å². The molecule has 4 nitrogen and oxygen atoms in total. The molecule has 5 heteroatoms. The number of rotatable bonds is 2. The number of pyridine rings is 1. The predicted molar refractivity (Wildman–Crippen MR) is 67.3 cm³/mol. The van der Waals surface area contributed by atoms with E-state index >= 15 is 0 Å². The molecule has 0 aromatic carbocycles. The van der Waals surface area contributed by atoms with Gasteiger partial charge in [-0.3, -0.25) is 4.98 Å². The van der Waals surface area contributed by atoms with Gasteiger partial charge in [-0.15, -0.1) is 0 Å². The van der Waals surface area contributed by atoms with E-state index in [0.29, 0.717) is 11.8 Å². The van der Waals surface area contributed by atoms with Crippen molar-refractivity contribution in [2.24, 2.45) is 0 Å². The largest absolute Gasteiger partial charge is 0.261 e. The number of nitrogens with zero attached hydrogens (tertiary/aromatic N) is 4. The summed E-state index contributed by atoms with van der Waals surface area (Å²) in [5.41, 5.74) is 3.03. The molecule has 4 rings (SSSR count). The minimum atomic E-state index is -0.274. The number of fused-ring (bicyclic) bond motifs is 1. The Labute approximate surface area is 108 Å². The van der Waals surface area contributed by atoms with Gasteiger partial charge in [-0.25, -0.2) is 13.9 Å². The van der Waals surface area contributed by atoms with Crippen molar-refractivity contribution >= 4 is 5.65 Å². The summed E-state index contributed by atoms with van der Waals surface area (Å²) in [6.07, 6.45) is 9.35. The fourth-order valence-corrected chi connectivity index (χ4v) is 2.68. The molecule has 0 amide bonds. The van der Waals surface area contributed by atoms with Crippen LogP contribution in [0.4, 0.5) is 4.39 Å². The maximum atomic E-state index is 13.2. The van der Waals surface area contributed by atoms with Crippen molar-refractivity contribution in [3.8, 4) is 0 Å². The zero-order chi connectivity index (χ0) is 12.8. The molecule has 0 unspecified atom stereocenters. The van der Waals surface area contributed by atoms with Crippen molar-refractivity contribution in [2.75, 3.05) is 0 Å². The molecule has 0 saturated heterocycles. The van der Waals surface area contributed by atoms with E-state index in [1.54, 1.807) is 29.2 Å². The van der Waals surface area contributed by atoms with Gasteiger partial charge < -0.3 is 0 Å². The molecular formula is C14H11FN4. The molecule has 0 aliphatic heterocycles. The summed E-state index contributed by atoms with van der Waals surface area (Å²) in [7, 11) is 0. The Bertz CT molecular complexity index is 752. The van der Waals surface area contributed by atoms with Crippen molar-refractivity contribution in [2.45, 2.75) is 18.3 Å². The molecule has 0 spiro atoms. The molecule has 1 aliphatic carbocycles. The molecule has 3 aromatic rings. The first-order chi connectivity index (χ1) is 9.33. The molecule has 0 bridgehead atoms. The van der Waals surface area contributed by atoms with E-state index < -0.39 is 0 Å². The molecular weight excluding hydrogens is 243 g/mol. The van der Waals surface area contributed by atoms with Crippen LogP contribution in [-0.2, 0) is 0 Å². The van der Waals surface area contributed by atoms with E-state index in [1.165, 1.54) is 11.8 Å². The van der Waals surface area contributed by atoms with Gasteiger partial charge in [0, 0.05) is 30.4 Å². The van der Waals surface area contributed by atoms with E-state index in [-0.39, 0.29) is 5.82 Å². The highest BCUT2D eigenvalue weighted by atomic mass is 19.1. The number of hydrogen-bond donors (Lipinski definition) is 0. The van der Waals surface area contributed by atoms with Gasteiger partial charge in [-0.05, 0) is 36.0 Å². The summed E-state index contributed by atoms with van der Waals surface area (Å²) >= 11 is 0. The van der Waals surface area contributed by atoms with E-state index in [9.17, 15) is 4.39 Å². The standard InChI is InChI=1S/C14H11FN4/c15-10-5-9(7-16-8-10)12-6-13(12)11-1-2-18-19-4-3-17-14(11)19/h1-5,7-8,12-13H,6H2/t12-,13-/m1/s1. The lowest BCUT2D eigenvalue weighted by molar-refractivity contribution is 0.618. The topological polar surface area (TPSA) is 43.1 Å². The zero-order valence-corrected chi connectivity index (χ0v) is 10.1. The summed E-state index contributed by atoms with van der Waals surface area (Å²) in [5.74, 6) is 0.450. The van der Waals surface area contributed by atoms with Crippen molar-refractivity contribution in [3.63, 3.8) is 0 Å². The lowest BCUT2D eigenvalue weighted by Crippen LogP contribution is -1.95. The summed E-state index contributed by atoms with van der Waals surface area (Å²) in [5, 5.41) is 4.21. The third kappa shape index (κ3) is 1.69. The number of hydrogen-bond acceptors (Lipinski definition) is 3. The molecule has 19 heavy (non-hydrogen) atoms. The molecule has 3 aromatic heterocycles. The van der Waals surface area contributed by atoms with Gasteiger partial charge in [-0.1, -0.05) is 0 Å². The van der Waals surface area contributed by atoms with Gasteiger partial charge in [0.05, 0.1) is 6.20 Å². The lowest BCUT2D eigenvalue weighted by atomic mass is 10.1. The third-order valence-corrected chi connectivity index (χ3v) is 3.67. The van der Waals surface area contributed by atoms with Crippen molar-refractivity contribution < 1.29 is 4.39 Å². The van der Waals surface area contributed by atoms with Crippen LogP contribution >= 0.6 is 0 Å². The Hall–Kier alpha value is -2.30. The summed E-state index contributed by atoms with van der Waals surface area (Å²) in [6.45, 7) is 0. The van der Waals surface area contributed by atoms with Crippen LogP contribution in [0, 0.1) is 5.82 Å². The highest BCUT2D eigenvalue weighted by Crippen LogP contribution is 2.55. The van der Waals surface area contributed by atoms with E-state index in [0.717, 1.165) is 17.6 Å². The molecule has 1 saturated carbocycles. The minimum absolute atomic E-state index is 0.274. The maximum Gasteiger partial charge on any atom is 0.156 e. The van der Waals surface area contributed by atoms with Crippen LogP contribution in [0.3, 0.4) is 0 Å². The summed E-state index contributed by atoms with van der Waals surface area (Å²) < 4.78 is 15.0. The summed E-state index contributed by atoms with van der Waals surface area (Å²) in [6, 6.07) is 3.57. The molecule has 1 fully saturated rings. The molecule has 0 radical (unpaired) electrons. The Kier molecular flexibility index (Phi) is 2.15. The average molecular weight is 254 g/mol. The molecule has 94 valence electrons. The fraction of sp³-hybridized carbons (Fsp3) is 0.214. The first-order valence-corrected chi connectivity index (χ1v) is 6.21. The first-order valence-electron chi connectivity index (χ1n) is 6.21. The number of halogens is 1. The smallest absolute Gasteiger partial charge is 0.156 e. The molecule has 0 N–H and O–H groups in total. The van der Waals surface area contributed by atoms with Gasteiger partial charge in [0.1, 0.15) is 5.82 Å². The van der Waals surface area contributed by atoms with Crippen molar-refractivity contribution in [3.05, 3.63) is 60.1 Å². The quantitative estimate of drug-likeness (QED) is 0.705. The van der Waals surface area contributed by atoms with E-state index in [1.807, 2.05) is 12.3 Å². The van der Waals surface area contributed by atoms with Crippen LogP contribution in [0.25, 0.3) is 5.65 Å². The van der Waals surface area contributed by atoms with Gasteiger partial charge in [0.25, 0.3) is 0 Å². The van der Waals surface area contributed by atoms with Gasteiger partial charge in [0.15, 0.2) is 5.65 Å². The van der Waals surface area contributed by atoms with Crippen LogP contribution in [-0.4, -0.2) is 19.6 Å². The Morgan fingerprint density at radius 3 is 3.05 bits per heavy atom. The SMILES string of the molecule is Fc1cncc([C@H]2C[C@@H]2c2ccnn3ccnc23)c1. The van der Waals surface area contributed by atoms with Crippen molar-refractivity contribution in [1.29, 1.82) is 0 Å². The highest BCUT2D eigenvalue weighted by Gasteiger charge is 2.41. The number of aromatic nitrogens is 4. The number of imidazole rings is 1. The van der Waals surface area contributed by atoms with E-state index in [4.69, 9.17) is 0 Å². The second-order valence-electron chi connectivity index (χ2n) is 4.87.